The third-order valence-electron chi connectivity index (χ3n) is 1.12. The van der Waals surface area contributed by atoms with Crippen molar-refractivity contribution < 1.29 is 13.2 Å². The number of ketones is 1. The minimum absolute atomic E-state index is 0.284. The van der Waals surface area contributed by atoms with Gasteiger partial charge in [-0.25, -0.2) is 8.42 Å². The van der Waals surface area contributed by atoms with Gasteiger partial charge in [-0.3, -0.25) is 4.79 Å². The van der Waals surface area contributed by atoms with E-state index in [4.69, 9.17) is 0 Å². The van der Waals surface area contributed by atoms with Gasteiger partial charge in [0, 0.05) is 0 Å². The highest BCUT2D eigenvalue weighted by atomic mass is 32.2. The number of Topliss-reactive ketones (excluding diaryl/α,β-unsaturated/α-hetero) is 1. The van der Waals surface area contributed by atoms with Crippen molar-refractivity contribution in [3.05, 3.63) is 12.2 Å². The van der Waals surface area contributed by atoms with Crippen molar-refractivity contribution >= 4 is 16.5 Å². The SMILES string of the molecule is C=C(C)C(=O)C(C)[SH](=O)=O. The predicted molar refractivity (Wildman–Crippen MR) is 39.6 cm³/mol. The van der Waals surface area contributed by atoms with E-state index in [-0.39, 0.29) is 5.57 Å². The maximum absolute atomic E-state index is 10.8. The molecule has 0 saturated heterocycles. The van der Waals surface area contributed by atoms with Gasteiger partial charge in [0.1, 0.15) is 16.0 Å². The summed E-state index contributed by atoms with van der Waals surface area (Å²) in [6.07, 6.45) is 0. The van der Waals surface area contributed by atoms with Crippen LogP contribution in [0.3, 0.4) is 0 Å². The van der Waals surface area contributed by atoms with Gasteiger partial charge in [0.25, 0.3) is 0 Å². The number of rotatable bonds is 3. The van der Waals surface area contributed by atoms with Crippen molar-refractivity contribution in [1.82, 2.24) is 0 Å². The molecule has 0 aliphatic carbocycles. The van der Waals surface area contributed by atoms with E-state index in [1.165, 1.54) is 13.8 Å². The Morgan fingerprint density at radius 3 is 2.00 bits per heavy atom. The quantitative estimate of drug-likeness (QED) is 0.474. The van der Waals surface area contributed by atoms with Crippen molar-refractivity contribution in [2.75, 3.05) is 0 Å². The van der Waals surface area contributed by atoms with E-state index in [1.807, 2.05) is 0 Å². The third-order valence-corrected chi connectivity index (χ3v) is 1.98. The van der Waals surface area contributed by atoms with E-state index in [0.717, 1.165) is 0 Å². The Morgan fingerprint density at radius 1 is 1.50 bits per heavy atom. The highest BCUT2D eigenvalue weighted by Gasteiger charge is 2.14. The van der Waals surface area contributed by atoms with Crippen LogP contribution >= 0.6 is 0 Å². The van der Waals surface area contributed by atoms with Crippen LogP contribution in [0.15, 0.2) is 12.2 Å². The molecule has 0 aromatic heterocycles. The van der Waals surface area contributed by atoms with Crippen LogP contribution in [0.25, 0.3) is 0 Å². The van der Waals surface area contributed by atoms with Gasteiger partial charge in [-0.15, -0.1) is 0 Å². The fourth-order valence-corrected chi connectivity index (χ4v) is 0.864. The number of thiol groups is 1. The molecule has 0 rings (SSSR count). The first-order chi connectivity index (χ1) is 4.46. The standard InChI is InChI=1S/C6H10O3S/c1-4(2)6(7)5(3)10(8)9/h5,10H,1H2,2-3H3. The van der Waals surface area contributed by atoms with Crippen LogP contribution in [-0.2, 0) is 15.5 Å². The molecule has 0 aliphatic rings. The van der Waals surface area contributed by atoms with Gasteiger partial charge < -0.3 is 0 Å². The average molecular weight is 162 g/mol. The molecule has 0 amide bonds. The first kappa shape index (κ1) is 9.36. The molecule has 10 heavy (non-hydrogen) atoms. The van der Waals surface area contributed by atoms with Crippen LogP contribution < -0.4 is 0 Å². The highest BCUT2D eigenvalue weighted by Crippen LogP contribution is 1.98. The molecule has 4 heteroatoms. The zero-order chi connectivity index (χ0) is 8.31. The lowest BCUT2D eigenvalue weighted by atomic mass is 10.2. The monoisotopic (exact) mass is 162 g/mol. The van der Waals surface area contributed by atoms with Gasteiger partial charge in [0.2, 0.25) is 0 Å². The number of allylic oxidation sites excluding steroid dienone is 1. The van der Waals surface area contributed by atoms with Gasteiger partial charge in [0.05, 0.1) is 0 Å². The molecule has 1 atom stereocenters. The first-order valence-electron chi connectivity index (χ1n) is 2.80. The second kappa shape index (κ2) is 3.51. The molecule has 3 nitrogen and oxygen atoms in total. The summed E-state index contributed by atoms with van der Waals surface area (Å²) in [7, 11) is -2.64. The Bertz CT molecular complexity index is 219. The van der Waals surface area contributed by atoms with E-state index in [0.29, 0.717) is 0 Å². The van der Waals surface area contributed by atoms with Crippen molar-refractivity contribution in [2.24, 2.45) is 0 Å². The van der Waals surface area contributed by atoms with Crippen LogP contribution in [-0.4, -0.2) is 19.5 Å². The summed E-state index contributed by atoms with van der Waals surface area (Å²) in [6, 6.07) is 0. The second-order valence-electron chi connectivity index (χ2n) is 2.11. The second-order valence-corrected chi connectivity index (χ2v) is 3.45. The van der Waals surface area contributed by atoms with Crippen molar-refractivity contribution in [1.29, 1.82) is 0 Å². The third kappa shape index (κ3) is 2.31. The van der Waals surface area contributed by atoms with Crippen LogP contribution in [0, 0.1) is 0 Å². The van der Waals surface area contributed by atoms with Gasteiger partial charge in [-0.05, 0) is 19.4 Å². The lowest BCUT2D eigenvalue weighted by Gasteiger charge is -1.99. The van der Waals surface area contributed by atoms with Gasteiger partial charge in [-0.1, -0.05) is 6.58 Å². The Balaban J connectivity index is 4.37. The fourth-order valence-electron chi connectivity index (χ4n) is 0.452. The summed E-state index contributed by atoms with van der Waals surface area (Å²) in [4.78, 5) is 10.8. The Kier molecular flexibility index (Phi) is 3.28. The van der Waals surface area contributed by atoms with Crippen LogP contribution in [0.1, 0.15) is 13.8 Å². The Labute approximate surface area is 61.7 Å². The normalized spacial score (nSPS) is 13.1. The molecule has 0 spiro atoms. The zero-order valence-electron chi connectivity index (χ0n) is 5.96. The molecule has 58 valence electrons. The average Bonchev–Trinajstić information content (AvgIpc) is 1.84. The number of hydrogen-bond acceptors (Lipinski definition) is 3. The number of carbonyl (C=O) groups excluding carboxylic acids is 1. The van der Waals surface area contributed by atoms with Crippen LogP contribution in [0.2, 0.25) is 0 Å². The first-order valence-corrected chi connectivity index (χ1v) is 4.04. The van der Waals surface area contributed by atoms with E-state index >= 15 is 0 Å². The smallest absolute Gasteiger partial charge is 0.175 e. The molecule has 1 unspecified atom stereocenters. The molecular formula is C6H10O3S. The molecule has 0 bridgehead atoms. The van der Waals surface area contributed by atoms with Crippen LogP contribution in [0.4, 0.5) is 0 Å². The largest absolute Gasteiger partial charge is 0.293 e. The van der Waals surface area contributed by atoms with Gasteiger partial charge in [-0.2, -0.15) is 0 Å². The Hall–Kier alpha value is -0.640. The Morgan fingerprint density at radius 2 is 1.90 bits per heavy atom. The van der Waals surface area contributed by atoms with Crippen molar-refractivity contribution in [3.63, 3.8) is 0 Å². The molecule has 0 N–H and O–H groups in total. The predicted octanol–water partition coefficient (Wildman–Crippen LogP) is 0.132. The molecule has 0 fully saturated rings. The van der Waals surface area contributed by atoms with Crippen molar-refractivity contribution in [3.8, 4) is 0 Å². The number of hydrogen-bond donors (Lipinski definition) is 1. The minimum atomic E-state index is -2.64. The lowest BCUT2D eigenvalue weighted by molar-refractivity contribution is -0.114. The van der Waals surface area contributed by atoms with Crippen LogP contribution in [0.5, 0.6) is 0 Å². The van der Waals surface area contributed by atoms with E-state index < -0.39 is 21.7 Å². The summed E-state index contributed by atoms with van der Waals surface area (Å²) in [6.45, 7) is 6.19. The van der Waals surface area contributed by atoms with Crippen molar-refractivity contribution in [2.45, 2.75) is 19.1 Å². The molecular weight excluding hydrogens is 152 g/mol. The van der Waals surface area contributed by atoms with Gasteiger partial charge in [0.15, 0.2) is 5.78 Å². The molecule has 0 saturated carbocycles. The maximum Gasteiger partial charge on any atom is 0.175 e. The molecule has 0 heterocycles. The summed E-state index contributed by atoms with van der Waals surface area (Å²) in [5.41, 5.74) is 0.284. The molecule has 0 aliphatic heterocycles. The van der Waals surface area contributed by atoms with E-state index in [9.17, 15) is 13.2 Å². The summed E-state index contributed by atoms with van der Waals surface area (Å²) >= 11 is 0. The summed E-state index contributed by atoms with van der Waals surface area (Å²) in [5, 5.41) is -0.924. The molecule has 0 radical (unpaired) electrons. The summed E-state index contributed by atoms with van der Waals surface area (Å²) < 4.78 is 20.4. The van der Waals surface area contributed by atoms with E-state index in [1.54, 1.807) is 0 Å². The van der Waals surface area contributed by atoms with Gasteiger partial charge >= 0.3 is 0 Å². The maximum atomic E-state index is 10.8. The number of carbonyl (C=O) groups is 1. The van der Waals surface area contributed by atoms with E-state index in [2.05, 4.69) is 6.58 Å². The molecule has 0 aromatic rings. The minimum Gasteiger partial charge on any atom is -0.293 e. The molecule has 0 aromatic carbocycles. The topological polar surface area (TPSA) is 51.2 Å². The highest BCUT2D eigenvalue weighted by molar-refractivity contribution is 7.74. The summed E-state index contributed by atoms with van der Waals surface area (Å²) in [5.74, 6) is -0.406. The lowest BCUT2D eigenvalue weighted by Crippen LogP contribution is -2.18. The zero-order valence-corrected chi connectivity index (χ0v) is 6.85. The fraction of sp³-hybridized carbons (Fsp3) is 0.500.